The molecule has 0 aromatic heterocycles. The summed E-state index contributed by atoms with van der Waals surface area (Å²) in [6.45, 7) is 8.17. The van der Waals surface area contributed by atoms with Crippen molar-refractivity contribution in [1.29, 1.82) is 5.41 Å². The number of hydrogen-bond acceptors (Lipinski definition) is 6. The van der Waals surface area contributed by atoms with Crippen LogP contribution in [0.3, 0.4) is 0 Å². The molecule has 0 saturated heterocycles. The molecule has 0 bridgehead atoms. The van der Waals surface area contributed by atoms with Crippen LogP contribution < -0.4 is 10.5 Å². The number of carbonyl (C=O) groups is 3. The molecule has 8 heteroatoms. The second-order valence-corrected chi connectivity index (χ2v) is 8.49. The largest absolute Gasteiger partial charge is 0.465 e. The van der Waals surface area contributed by atoms with E-state index >= 15 is 0 Å². The fraction of sp³-hybridized carbons (Fsp3) is 0.333. The molecule has 8 nitrogen and oxygen atoms in total. The topological polar surface area (TPSA) is 123 Å². The molecule has 0 heterocycles. The number of nitrogens with two attached hydrogens (primary N) is 1. The molecule has 0 spiro atoms. The lowest BCUT2D eigenvalue weighted by Gasteiger charge is -2.23. The van der Waals surface area contributed by atoms with Gasteiger partial charge in [-0.25, -0.2) is 4.79 Å². The standard InChI is InChI=1S/C27H33N3O5/c1-5-34-24(31)17-30(15-14-18(2)3)26(32)19(4)16-20-6-8-22(9-7-20)27(33)35-23-12-10-21(11-13-23)25(28)29/h6-13,16,18H,5,14-15,17H2,1-4H3,(H3,28,29)/b19-16+. The van der Waals surface area contributed by atoms with Gasteiger partial charge in [-0.15, -0.1) is 0 Å². The average molecular weight is 480 g/mol. The summed E-state index contributed by atoms with van der Waals surface area (Å²) in [5.41, 5.74) is 7.52. The molecule has 0 atom stereocenters. The van der Waals surface area contributed by atoms with Gasteiger partial charge in [-0.3, -0.25) is 15.0 Å². The fourth-order valence-corrected chi connectivity index (χ4v) is 3.17. The molecule has 186 valence electrons. The second kappa shape index (κ2) is 13.1. The zero-order chi connectivity index (χ0) is 26.0. The molecule has 0 radical (unpaired) electrons. The Morgan fingerprint density at radius 3 is 2.17 bits per heavy atom. The maximum Gasteiger partial charge on any atom is 0.343 e. The lowest BCUT2D eigenvalue weighted by molar-refractivity contribution is -0.148. The van der Waals surface area contributed by atoms with E-state index in [0.717, 1.165) is 12.0 Å². The van der Waals surface area contributed by atoms with Crippen molar-refractivity contribution in [2.45, 2.75) is 34.1 Å². The van der Waals surface area contributed by atoms with E-state index in [0.29, 0.717) is 34.9 Å². The Morgan fingerprint density at radius 2 is 1.63 bits per heavy atom. The first-order chi connectivity index (χ1) is 16.6. The molecule has 0 unspecified atom stereocenters. The molecule has 35 heavy (non-hydrogen) atoms. The summed E-state index contributed by atoms with van der Waals surface area (Å²) in [5, 5.41) is 7.41. The van der Waals surface area contributed by atoms with Crippen LogP contribution in [-0.4, -0.2) is 48.3 Å². The minimum atomic E-state index is -0.529. The molecular weight excluding hydrogens is 446 g/mol. The van der Waals surface area contributed by atoms with Crippen LogP contribution >= 0.6 is 0 Å². The van der Waals surface area contributed by atoms with Gasteiger partial charge in [0.25, 0.3) is 0 Å². The van der Waals surface area contributed by atoms with E-state index in [4.69, 9.17) is 20.6 Å². The normalized spacial score (nSPS) is 11.2. The van der Waals surface area contributed by atoms with Crippen molar-refractivity contribution in [2.24, 2.45) is 11.7 Å². The minimum Gasteiger partial charge on any atom is -0.465 e. The Morgan fingerprint density at radius 1 is 1.03 bits per heavy atom. The van der Waals surface area contributed by atoms with Crippen LogP contribution in [-0.2, 0) is 14.3 Å². The number of rotatable bonds is 11. The van der Waals surface area contributed by atoms with Gasteiger partial charge in [0.2, 0.25) is 5.91 Å². The van der Waals surface area contributed by atoms with Gasteiger partial charge in [0.1, 0.15) is 18.1 Å². The molecule has 1 amide bonds. The van der Waals surface area contributed by atoms with Gasteiger partial charge in [-0.1, -0.05) is 26.0 Å². The highest BCUT2D eigenvalue weighted by Gasteiger charge is 2.19. The van der Waals surface area contributed by atoms with Gasteiger partial charge in [0, 0.05) is 17.7 Å². The van der Waals surface area contributed by atoms with E-state index in [2.05, 4.69) is 13.8 Å². The van der Waals surface area contributed by atoms with Crippen LogP contribution in [0.2, 0.25) is 0 Å². The summed E-state index contributed by atoms with van der Waals surface area (Å²) in [4.78, 5) is 38.9. The Kier molecular flexibility index (Phi) is 10.2. The highest BCUT2D eigenvalue weighted by Crippen LogP contribution is 2.16. The van der Waals surface area contributed by atoms with Crippen LogP contribution in [0, 0.1) is 11.3 Å². The number of amidine groups is 1. The monoisotopic (exact) mass is 479 g/mol. The van der Waals surface area contributed by atoms with Gasteiger partial charge in [-0.2, -0.15) is 0 Å². The van der Waals surface area contributed by atoms with Crippen LogP contribution in [0.25, 0.3) is 6.08 Å². The van der Waals surface area contributed by atoms with Crippen LogP contribution in [0.5, 0.6) is 5.75 Å². The molecule has 2 aromatic rings. The Bertz CT molecular complexity index is 1070. The van der Waals surface area contributed by atoms with Crippen molar-refractivity contribution in [1.82, 2.24) is 4.90 Å². The van der Waals surface area contributed by atoms with Crippen molar-refractivity contribution in [2.75, 3.05) is 19.7 Å². The molecular formula is C27H33N3O5. The number of ether oxygens (including phenoxy) is 2. The molecule has 0 aliphatic carbocycles. The van der Waals surface area contributed by atoms with Crippen LogP contribution in [0.1, 0.15) is 55.6 Å². The Labute approximate surface area is 206 Å². The zero-order valence-corrected chi connectivity index (χ0v) is 20.7. The first kappa shape index (κ1) is 27.3. The highest BCUT2D eigenvalue weighted by atomic mass is 16.5. The van der Waals surface area contributed by atoms with E-state index in [9.17, 15) is 14.4 Å². The molecule has 0 aliphatic heterocycles. The second-order valence-electron chi connectivity index (χ2n) is 8.49. The average Bonchev–Trinajstić information content (AvgIpc) is 2.82. The maximum absolute atomic E-state index is 13.0. The fourth-order valence-electron chi connectivity index (χ4n) is 3.17. The van der Waals surface area contributed by atoms with Gasteiger partial charge < -0.3 is 20.1 Å². The van der Waals surface area contributed by atoms with E-state index in [1.165, 1.54) is 4.90 Å². The predicted molar refractivity (Wildman–Crippen MR) is 135 cm³/mol. The van der Waals surface area contributed by atoms with Gasteiger partial charge in [0.05, 0.1) is 12.2 Å². The third kappa shape index (κ3) is 8.73. The molecule has 2 aromatic carbocycles. The number of benzene rings is 2. The number of esters is 2. The third-order valence-electron chi connectivity index (χ3n) is 5.13. The smallest absolute Gasteiger partial charge is 0.343 e. The van der Waals surface area contributed by atoms with Crippen LogP contribution in [0.15, 0.2) is 54.1 Å². The maximum atomic E-state index is 13.0. The number of nitrogens with one attached hydrogen (secondary N) is 1. The number of nitrogens with zero attached hydrogens (tertiary/aromatic N) is 1. The number of carbonyl (C=O) groups excluding carboxylic acids is 3. The van der Waals surface area contributed by atoms with E-state index in [1.54, 1.807) is 68.5 Å². The molecule has 3 N–H and O–H groups in total. The summed E-state index contributed by atoms with van der Waals surface area (Å²) in [6, 6.07) is 13.0. The summed E-state index contributed by atoms with van der Waals surface area (Å²) in [6.07, 6.45) is 2.48. The van der Waals surface area contributed by atoms with E-state index in [1.807, 2.05) is 0 Å². The SMILES string of the molecule is CCOC(=O)CN(CCC(C)C)C(=O)/C(C)=C/c1ccc(C(=O)Oc2ccc(C(=N)N)cc2)cc1. The lowest BCUT2D eigenvalue weighted by Crippen LogP contribution is -2.38. The molecule has 2 rings (SSSR count). The summed E-state index contributed by atoms with van der Waals surface area (Å²) in [5.74, 6) is -0.542. The first-order valence-electron chi connectivity index (χ1n) is 11.5. The van der Waals surface area contributed by atoms with Crippen molar-refractivity contribution >= 4 is 29.8 Å². The lowest BCUT2D eigenvalue weighted by atomic mass is 10.1. The number of hydrogen-bond donors (Lipinski definition) is 2. The molecule has 0 saturated carbocycles. The summed E-state index contributed by atoms with van der Waals surface area (Å²) < 4.78 is 10.4. The van der Waals surface area contributed by atoms with E-state index < -0.39 is 11.9 Å². The minimum absolute atomic E-state index is 0.0655. The third-order valence-corrected chi connectivity index (χ3v) is 5.13. The Balaban J connectivity index is 2.08. The van der Waals surface area contributed by atoms with Crippen molar-refractivity contribution in [3.05, 3.63) is 70.8 Å². The quantitative estimate of drug-likeness (QED) is 0.165. The predicted octanol–water partition coefficient (Wildman–Crippen LogP) is 4.03. The number of amides is 1. The Hall–Kier alpha value is -3.94. The zero-order valence-electron chi connectivity index (χ0n) is 20.7. The van der Waals surface area contributed by atoms with E-state index in [-0.39, 0.29) is 24.9 Å². The van der Waals surface area contributed by atoms with Crippen molar-refractivity contribution in [3.63, 3.8) is 0 Å². The summed E-state index contributed by atoms with van der Waals surface area (Å²) in [7, 11) is 0. The molecule has 0 fully saturated rings. The molecule has 0 aliphatic rings. The van der Waals surface area contributed by atoms with Crippen LogP contribution in [0.4, 0.5) is 0 Å². The van der Waals surface area contributed by atoms with Gasteiger partial charge >= 0.3 is 11.9 Å². The van der Waals surface area contributed by atoms with Gasteiger partial charge in [0.15, 0.2) is 0 Å². The highest BCUT2D eigenvalue weighted by molar-refractivity contribution is 5.99. The van der Waals surface area contributed by atoms with Gasteiger partial charge in [-0.05, 0) is 74.2 Å². The first-order valence-corrected chi connectivity index (χ1v) is 11.5. The number of nitrogen functional groups attached to an aromatic ring is 1. The van der Waals surface area contributed by atoms with Crippen molar-refractivity contribution < 1.29 is 23.9 Å². The van der Waals surface area contributed by atoms with Crippen molar-refractivity contribution in [3.8, 4) is 5.75 Å². The summed E-state index contributed by atoms with van der Waals surface area (Å²) >= 11 is 0.